The van der Waals surface area contributed by atoms with E-state index in [9.17, 15) is 0 Å². The Morgan fingerprint density at radius 2 is 1.97 bits per heavy atom. The molecule has 1 aliphatic carbocycles. The number of nitrogens with zero attached hydrogens (tertiary/aromatic N) is 4. The van der Waals surface area contributed by atoms with E-state index in [4.69, 9.17) is 4.98 Å². The first-order valence-corrected chi connectivity index (χ1v) is 12.8. The Kier molecular flexibility index (Phi) is 7.39. The summed E-state index contributed by atoms with van der Waals surface area (Å²) in [5.41, 5.74) is 3.55. The number of aryl methyl sites for hydroxylation is 2. The van der Waals surface area contributed by atoms with Crippen LogP contribution >= 0.6 is 23.1 Å². The lowest BCUT2D eigenvalue weighted by molar-refractivity contribution is 0.336. The maximum absolute atomic E-state index is 4.83. The predicted octanol–water partition coefficient (Wildman–Crippen LogP) is 6.70. The van der Waals surface area contributed by atoms with Crippen molar-refractivity contribution in [2.75, 3.05) is 0 Å². The monoisotopic (exact) mass is 438 g/mol. The van der Waals surface area contributed by atoms with Gasteiger partial charge in [0.25, 0.3) is 0 Å². The van der Waals surface area contributed by atoms with E-state index in [2.05, 4.69) is 57.9 Å². The molecule has 1 aromatic carbocycles. The smallest absolute Gasteiger partial charge is 0.191 e. The number of thioether (sulfide) groups is 1. The molecule has 0 radical (unpaired) electrons. The maximum atomic E-state index is 4.83. The number of rotatable bonds is 9. The molecule has 1 saturated carbocycles. The number of hydrogen-bond donors (Lipinski definition) is 0. The Morgan fingerprint density at radius 1 is 1.17 bits per heavy atom. The van der Waals surface area contributed by atoms with Gasteiger partial charge < -0.3 is 4.57 Å². The van der Waals surface area contributed by atoms with Crippen LogP contribution in [0, 0.1) is 12.8 Å². The molecule has 0 saturated heterocycles. The average molecular weight is 439 g/mol. The standard InChI is InChI=1S/C24H30N4S2/c1-3-15-28-22(14-11-19-7-5-4-6-8-19)26-27-24(28)30-17-21-16-29-23(25-21)20-12-9-18(2)10-13-20/h3,9-10,12-13,16,19H,1,4-8,11,14-15,17H2,2H3. The molecule has 4 nitrogen and oxygen atoms in total. The number of hydrogen-bond acceptors (Lipinski definition) is 5. The molecular formula is C24H30N4S2. The molecule has 3 aromatic rings. The first-order chi connectivity index (χ1) is 14.7. The summed E-state index contributed by atoms with van der Waals surface area (Å²) in [6, 6.07) is 8.56. The van der Waals surface area contributed by atoms with Gasteiger partial charge in [0, 0.05) is 29.7 Å². The molecule has 0 unspecified atom stereocenters. The van der Waals surface area contributed by atoms with Crippen molar-refractivity contribution < 1.29 is 0 Å². The summed E-state index contributed by atoms with van der Waals surface area (Å²) >= 11 is 3.42. The van der Waals surface area contributed by atoms with Crippen molar-refractivity contribution in [3.63, 3.8) is 0 Å². The van der Waals surface area contributed by atoms with E-state index in [-0.39, 0.29) is 0 Å². The summed E-state index contributed by atoms with van der Waals surface area (Å²) < 4.78 is 2.23. The highest BCUT2D eigenvalue weighted by Gasteiger charge is 2.17. The molecule has 2 aromatic heterocycles. The van der Waals surface area contributed by atoms with Gasteiger partial charge in [-0.3, -0.25) is 0 Å². The van der Waals surface area contributed by atoms with Gasteiger partial charge in [0.05, 0.1) is 5.69 Å². The summed E-state index contributed by atoms with van der Waals surface area (Å²) in [5.74, 6) is 2.76. The minimum atomic E-state index is 0.765. The predicted molar refractivity (Wildman–Crippen MR) is 127 cm³/mol. The van der Waals surface area contributed by atoms with E-state index >= 15 is 0 Å². The third-order valence-corrected chi connectivity index (χ3v) is 7.75. The molecule has 0 spiro atoms. The van der Waals surface area contributed by atoms with Gasteiger partial charge in [-0.05, 0) is 19.3 Å². The van der Waals surface area contributed by atoms with Crippen molar-refractivity contribution in [3.05, 3.63) is 59.4 Å². The molecule has 0 amide bonds. The van der Waals surface area contributed by atoms with Gasteiger partial charge in [-0.1, -0.05) is 79.8 Å². The van der Waals surface area contributed by atoms with E-state index in [1.54, 1.807) is 23.1 Å². The van der Waals surface area contributed by atoms with Crippen LogP contribution in [-0.2, 0) is 18.7 Å². The summed E-state index contributed by atoms with van der Waals surface area (Å²) in [7, 11) is 0. The van der Waals surface area contributed by atoms with Crippen LogP contribution in [0.2, 0.25) is 0 Å². The minimum Gasteiger partial charge on any atom is -0.302 e. The van der Waals surface area contributed by atoms with Gasteiger partial charge in [0.15, 0.2) is 5.16 Å². The largest absolute Gasteiger partial charge is 0.302 e. The van der Waals surface area contributed by atoms with Crippen LogP contribution in [0.15, 0.2) is 47.5 Å². The van der Waals surface area contributed by atoms with Crippen LogP contribution in [-0.4, -0.2) is 19.7 Å². The first kappa shape index (κ1) is 21.3. The topological polar surface area (TPSA) is 43.6 Å². The molecule has 2 heterocycles. The third-order valence-electron chi connectivity index (χ3n) is 5.81. The van der Waals surface area contributed by atoms with E-state index in [1.165, 1.54) is 49.7 Å². The number of benzene rings is 1. The first-order valence-electron chi connectivity index (χ1n) is 10.9. The summed E-state index contributed by atoms with van der Waals surface area (Å²) in [6.45, 7) is 6.81. The van der Waals surface area contributed by atoms with E-state index in [1.807, 2.05) is 6.08 Å². The van der Waals surface area contributed by atoms with Crippen LogP contribution in [0.25, 0.3) is 10.6 Å². The van der Waals surface area contributed by atoms with Crippen molar-refractivity contribution in [3.8, 4) is 10.6 Å². The van der Waals surface area contributed by atoms with Crippen molar-refractivity contribution in [1.29, 1.82) is 0 Å². The SMILES string of the molecule is C=CCn1c(CCC2CCCCC2)nnc1SCc1csc(-c2ccc(C)cc2)n1. The molecule has 4 rings (SSSR count). The molecular weight excluding hydrogens is 408 g/mol. The Balaban J connectivity index is 1.38. The second-order valence-corrected chi connectivity index (χ2v) is 9.94. The summed E-state index contributed by atoms with van der Waals surface area (Å²) in [6.07, 6.45) is 11.1. The zero-order chi connectivity index (χ0) is 20.8. The highest BCUT2D eigenvalue weighted by atomic mass is 32.2. The molecule has 1 fully saturated rings. The number of allylic oxidation sites excluding steroid dienone is 1. The molecule has 30 heavy (non-hydrogen) atoms. The average Bonchev–Trinajstić information content (AvgIpc) is 3.40. The van der Waals surface area contributed by atoms with Crippen LogP contribution in [0.1, 0.15) is 55.6 Å². The van der Waals surface area contributed by atoms with E-state index in [0.717, 1.165) is 46.3 Å². The second kappa shape index (κ2) is 10.4. The molecule has 6 heteroatoms. The fourth-order valence-corrected chi connectivity index (χ4v) is 5.86. The highest BCUT2D eigenvalue weighted by Crippen LogP contribution is 2.30. The Bertz CT molecular complexity index is 952. The number of aromatic nitrogens is 4. The van der Waals surface area contributed by atoms with Crippen LogP contribution in [0.5, 0.6) is 0 Å². The third kappa shape index (κ3) is 5.41. The van der Waals surface area contributed by atoms with Crippen LogP contribution < -0.4 is 0 Å². The van der Waals surface area contributed by atoms with Gasteiger partial charge in [0.2, 0.25) is 0 Å². The van der Waals surface area contributed by atoms with Crippen molar-refractivity contribution in [1.82, 2.24) is 19.7 Å². The fourth-order valence-electron chi connectivity index (χ4n) is 4.07. The molecule has 1 aliphatic rings. The maximum Gasteiger partial charge on any atom is 0.191 e. The fraction of sp³-hybridized carbons (Fsp3) is 0.458. The lowest BCUT2D eigenvalue weighted by atomic mass is 9.86. The van der Waals surface area contributed by atoms with Crippen LogP contribution in [0.3, 0.4) is 0 Å². The Labute approximate surface area is 187 Å². The van der Waals surface area contributed by atoms with E-state index < -0.39 is 0 Å². The minimum absolute atomic E-state index is 0.765. The van der Waals surface area contributed by atoms with Crippen LogP contribution in [0.4, 0.5) is 0 Å². The highest BCUT2D eigenvalue weighted by molar-refractivity contribution is 7.98. The Morgan fingerprint density at radius 3 is 2.73 bits per heavy atom. The zero-order valence-corrected chi connectivity index (χ0v) is 19.4. The quantitative estimate of drug-likeness (QED) is 0.275. The Hall–Kier alpha value is -1.92. The van der Waals surface area contributed by atoms with Gasteiger partial charge in [-0.15, -0.1) is 28.1 Å². The molecule has 0 aliphatic heterocycles. The van der Waals surface area contributed by atoms with Crippen molar-refractivity contribution >= 4 is 23.1 Å². The normalized spacial score (nSPS) is 14.8. The summed E-state index contributed by atoms with van der Waals surface area (Å²) in [5, 5.41) is 13.2. The van der Waals surface area contributed by atoms with Gasteiger partial charge in [0.1, 0.15) is 10.8 Å². The van der Waals surface area contributed by atoms with Crippen molar-refractivity contribution in [2.45, 2.75) is 69.3 Å². The zero-order valence-electron chi connectivity index (χ0n) is 17.7. The molecule has 0 N–H and O–H groups in total. The lowest BCUT2D eigenvalue weighted by Crippen LogP contribution is -2.10. The lowest BCUT2D eigenvalue weighted by Gasteiger charge is -2.21. The van der Waals surface area contributed by atoms with E-state index in [0.29, 0.717) is 0 Å². The van der Waals surface area contributed by atoms with Gasteiger partial charge in [-0.2, -0.15) is 0 Å². The van der Waals surface area contributed by atoms with Crippen molar-refractivity contribution in [2.24, 2.45) is 5.92 Å². The number of thiazole rings is 1. The molecule has 0 bridgehead atoms. The summed E-state index contributed by atoms with van der Waals surface area (Å²) in [4.78, 5) is 4.83. The molecule has 158 valence electrons. The van der Waals surface area contributed by atoms with Gasteiger partial charge in [-0.25, -0.2) is 4.98 Å². The molecule has 0 atom stereocenters. The second-order valence-electron chi connectivity index (χ2n) is 8.14. The van der Waals surface area contributed by atoms with Gasteiger partial charge >= 0.3 is 0 Å².